The van der Waals surface area contributed by atoms with Gasteiger partial charge in [0.15, 0.2) is 0 Å². The molecule has 21 heavy (non-hydrogen) atoms. The Morgan fingerprint density at radius 1 is 1.43 bits per heavy atom. The molecule has 0 radical (unpaired) electrons. The average molecular weight is 300 g/mol. The Morgan fingerprint density at radius 2 is 2.10 bits per heavy atom. The zero-order valence-electron chi connectivity index (χ0n) is 12.8. The third kappa shape index (κ3) is 4.70. The molecule has 0 bridgehead atoms. The smallest absolute Gasteiger partial charge is 0.308 e. The van der Waals surface area contributed by atoms with Crippen molar-refractivity contribution in [2.45, 2.75) is 32.7 Å². The van der Waals surface area contributed by atoms with Crippen molar-refractivity contribution in [2.75, 3.05) is 26.8 Å². The molecule has 2 amide bonds. The van der Waals surface area contributed by atoms with Crippen molar-refractivity contribution in [1.29, 1.82) is 0 Å². The van der Waals surface area contributed by atoms with E-state index < -0.39 is 17.9 Å². The molecular weight excluding hydrogens is 276 g/mol. The summed E-state index contributed by atoms with van der Waals surface area (Å²) < 4.78 is 4.83. The number of carboxylic acid groups (broad SMARTS) is 1. The van der Waals surface area contributed by atoms with Gasteiger partial charge in [0.2, 0.25) is 11.8 Å². The normalized spacial score (nSPS) is 25.8. The number of carbonyl (C=O) groups is 3. The molecule has 2 N–H and O–H groups in total. The fraction of sp³-hybridized carbons (Fsp3) is 0.786. The molecule has 0 aromatic carbocycles. The van der Waals surface area contributed by atoms with Crippen molar-refractivity contribution >= 4 is 17.8 Å². The van der Waals surface area contributed by atoms with Crippen molar-refractivity contribution in [3.05, 3.63) is 0 Å². The van der Waals surface area contributed by atoms with Crippen LogP contribution in [0.5, 0.6) is 0 Å². The second kappa shape index (κ2) is 7.97. The maximum atomic E-state index is 12.0. The highest BCUT2D eigenvalue weighted by Gasteiger charge is 2.41. The van der Waals surface area contributed by atoms with Gasteiger partial charge in [-0.15, -0.1) is 0 Å². The highest BCUT2D eigenvalue weighted by atomic mass is 16.5. The molecule has 3 unspecified atom stereocenters. The van der Waals surface area contributed by atoms with E-state index in [1.807, 2.05) is 0 Å². The second-order valence-corrected chi connectivity index (χ2v) is 5.47. The Bertz CT molecular complexity index is 399. The number of nitrogens with zero attached hydrogens (tertiary/aromatic N) is 1. The van der Waals surface area contributed by atoms with Crippen LogP contribution in [0.2, 0.25) is 0 Å². The summed E-state index contributed by atoms with van der Waals surface area (Å²) in [5, 5.41) is 12.0. The van der Waals surface area contributed by atoms with Gasteiger partial charge in [0.25, 0.3) is 0 Å². The summed E-state index contributed by atoms with van der Waals surface area (Å²) in [6.45, 7) is 4.61. The van der Waals surface area contributed by atoms with E-state index in [0.29, 0.717) is 13.2 Å². The van der Waals surface area contributed by atoms with Crippen molar-refractivity contribution in [3.8, 4) is 0 Å². The number of ether oxygens (including phenoxy) is 1. The first-order valence-corrected chi connectivity index (χ1v) is 7.16. The number of carbonyl (C=O) groups excluding carboxylic acids is 2. The van der Waals surface area contributed by atoms with Crippen molar-refractivity contribution in [1.82, 2.24) is 10.2 Å². The summed E-state index contributed by atoms with van der Waals surface area (Å²) in [6.07, 6.45) is 0.382. The van der Waals surface area contributed by atoms with Crippen LogP contribution < -0.4 is 5.32 Å². The molecule has 7 heteroatoms. The molecule has 0 saturated carbocycles. The van der Waals surface area contributed by atoms with Crippen LogP contribution in [0.25, 0.3) is 0 Å². The number of hydrogen-bond acceptors (Lipinski definition) is 4. The lowest BCUT2D eigenvalue weighted by Gasteiger charge is -2.40. The Hall–Kier alpha value is -1.63. The average Bonchev–Trinajstić information content (AvgIpc) is 2.37. The first-order valence-electron chi connectivity index (χ1n) is 7.16. The minimum absolute atomic E-state index is 0.0859. The van der Waals surface area contributed by atoms with Gasteiger partial charge in [0.1, 0.15) is 0 Å². The standard InChI is InChI=1S/C14H24N2O5/c1-9-8-12(18)16(10(2)13(9)14(19)20)6-4-11(17)15-5-7-21-3/h9-10,13H,4-8H2,1-3H3,(H,15,17)(H,19,20). The Balaban J connectivity index is 2.54. The number of hydrogen-bond donors (Lipinski definition) is 2. The summed E-state index contributed by atoms with van der Waals surface area (Å²) >= 11 is 0. The van der Waals surface area contributed by atoms with Gasteiger partial charge in [-0.1, -0.05) is 6.92 Å². The fourth-order valence-corrected chi connectivity index (χ4v) is 2.80. The summed E-state index contributed by atoms with van der Waals surface area (Å²) in [6, 6.07) is -0.398. The molecule has 0 aliphatic carbocycles. The third-order valence-electron chi connectivity index (χ3n) is 3.93. The van der Waals surface area contributed by atoms with E-state index in [-0.39, 0.29) is 37.1 Å². The Morgan fingerprint density at radius 3 is 2.67 bits per heavy atom. The number of nitrogens with one attached hydrogen (secondary N) is 1. The van der Waals surface area contributed by atoms with Crippen LogP contribution in [0, 0.1) is 11.8 Å². The lowest BCUT2D eigenvalue weighted by atomic mass is 9.81. The maximum absolute atomic E-state index is 12.0. The summed E-state index contributed by atoms with van der Waals surface area (Å²) in [7, 11) is 1.55. The van der Waals surface area contributed by atoms with Gasteiger partial charge < -0.3 is 20.1 Å². The molecule has 120 valence electrons. The molecule has 3 atom stereocenters. The number of aliphatic carboxylic acids is 1. The van der Waals surface area contributed by atoms with E-state index in [0.717, 1.165) is 0 Å². The predicted octanol–water partition coefficient (Wildman–Crippen LogP) is 0.0968. The van der Waals surface area contributed by atoms with E-state index in [1.54, 1.807) is 21.0 Å². The minimum Gasteiger partial charge on any atom is -0.481 e. The van der Waals surface area contributed by atoms with Gasteiger partial charge in [0.05, 0.1) is 12.5 Å². The molecule has 1 fully saturated rings. The van der Waals surface area contributed by atoms with Crippen molar-refractivity contribution < 1.29 is 24.2 Å². The van der Waals surface area contributed by atoms with Crippen molar-refractivity contribution in [2.24, 2.45) is 11.8 Å². The lowest BCUT2D eigenvalue weighted by molar-refractivity contribution is -0.154. The number of carboxylic acids is 1. The van der Waals surface area contributed by atoms with Crippen LogP contribution in [0.15, 0.2) is 0 Å². The number of rotatable bonds is 7. The fourth-order valence-electron chi connectivity index (χ4n) is 2.80. The van der Waals surface area contributed by atoms with Gasteiger partial charge in [-0.2, -0.15) is 0 Å². The minimum atomic E-state index is -0.892. The largest absolute Gasteiger partial charge is 0.481 e. The van der Waals surface area contributed by atoms with Crippen LogP contribution in [-0.2, 0) is 19.1 Å². The van der Waals surface area contributed by atoms with Gasteiger partial charge in [0, 0.05) is 39.1 Å². The van der Waals surface area contributed by atoms with Crippen LogP contribution in [0.4, 0.5) is 0 Å². The number of piperidine rings is 1. The van der Waals surface area contributed by atoms with Gasteiger partial charge in [-0.05, 0) is 12.8 Å². The summed E-state index contributed by atoms with van der Waals surface area (Å²) in [4.78, 5) is 36.5. The first kappa shape index (κ1) is 17.4. The zero-order valence-corrected chi connectivity index (χ0v) is 12.8. The van der Waals surface area contributed by atoms with E-state index in [1.165, 1.54) is 4.90 Å². The molecule has 7 nitrogen and oxygen atoms in total. The number of amides is 2. The Labute approximate surface area is 124 Å². The van der Waals surface area contributed by atoms with Gasteiger partial charge in [-0.25, -0.2) is 0 Å². The van der Waals surface area contributed by atoms with E-state index in [4.69, 9.17) is 4.74 Å². The van der Waals surface area contributed by atoms with Crippen LogP contribution >= 0.6 is 0 Å². The maximum Gasteiger partial charge on any atom is 0.308 e. The topological polar surface area (TPSA) is 95.9 Å². The highest BCUT2D eigenvalue weighted by molar-refractivity contribution is 5.83. The molecule has 1 saturated heterocycles. The van der Waals surface area contributed by atoms with E-state index >= 15 is 0 Å². The molecule has 0 aromatic heterocycles. The quantitative estimate of drug-likeness (QED) is 0.650. The molecule has 1 heterocycles. The monoisotopic (exact) mass is 300 g/mol. The summed E-state index contributed by atoms with van der Waals surface area (Å²) in [5.41, 5.74) is 0. The van der Waals surface area contributed by atoms with Crippen LogP contribution in [-0.4, -0.2) is 60.6 Å². The van der Waals surface area contributed by atoms with E-state index in [9.17, 15) is 19.5 Å². The van der Waals surface area contributed by atoms with Crippen LogP contribution in [0.1, 0.15) is 26.7 Å². The van der Waals surface area contributed by atoms with Gasteiger partial charge >= 0.3 is 5.97 Å². The molecule has 0 spiro atoms. The predicted molar refractivity (Wildman–Crippen MR) is 75.6 cm³/mol. The highest BCUT2D eigenvalue weighted by Crippen LogP contribution is 2.30. The SMILES string of the molecule is COCCNC(=O)CCN1C(=O)CC(C)C(C(=O)O)C1C. The summed E-state index contributed by atoms with van der Waals surface area (Å²) in [5.74, 6) is -1.91. The molecule has 0 aromatic rings. The Kier molecular flexibility index (Phi) is 6.61. The van der Waals surface area contributed by atoms with Crippen LogP contribution in [0.3, 0.4) is 0 Å². The van der Waals surface area contributed by atoms with E-state index in [2.05, 4.69) is 5.32 Å². The molecule has 1 aliphatic heterocycles. The number of likely N-dealkylation sites (tertiary alicyclic amines) is 1. The second-order valence-electron chi connectivity index (χ2n) is 5.47. The lowest BCUT2D eigenvalue weighted by Crippen LogP contribution is -2.53. The molecule has 1 aliphatic rings. The molecule has 1 rings (SSSR count). The number of methoxy groups -OCH3 is 1. The molecular formula is C14H24N2O5. The third-order valence-corrected chi connectivity index (χ3v) is 3.93. The zero-order chi connectivity index (χ0) is 16.0. The van der Waals surface area contributed by atoms with Crippen molar-refractivity contribution in [3.63, 3.8) is 0 Å². The first-order chi connectivity index (χ1) is 9.88. The van der Waals surface area contributed by atoms with Gasteiger partial charge in [-0.3, -0.25) is 14.4 Å².